The van der Waals surface area contributed by atoms with E-state index in [4.69, 9.17) is 9.47 Å². The van der Waals surface area contributed by atoms with Crippen LogP contribution in [0.15, 0.2) is 0 Å². The predicted molar refractivity (Wildman–Crippen MR) is 51.9 cm³/mol. The molecule has 84 valence electrons. The van der Waals surface area contributed by atoms with Gasteiger partial charge in [0.2, 0.25) is 0 Å². The van der Waals surface area contributed by atoms with Crippen molar-refractivity contribution >= 4 is 11.9 Å². The lowest BCUT2D eigenvalue weighted by Gasteiger charge is -2.29. The van der Waals surface area contributed by atoms with Crippen LogP contribution in [0.4, 0.5) is 0 Å². The first-order valence-electron chi connectivity index (χ1n) is 5.42. The van der Waals surface area contributed by atoms with Gasteiger partial charge in [-0.2, -0.15) is 0 Å². The van der Waals surface area contributed by atoms with Crippen molar-refractivity contribution in [1.82, 2.24) is 0 Å². The molecule has 2 aliphatic carbocycles. The molecule has 4 nitrogen and oxygen atoms in total. The zero-order chi connectivity index (χ0) is 11.0. The van der Waals surface area contributed by atoms with Crippen LogP contribution in [0.1, 0.15) is 33.1 Å². The van der Waals surface area contributed by atoms with Gasteiger partial charge in [0.25, 0.3) is 0 Å². The maximum Gasteiger partial charge on any atom is 0.303 e. The molecule has 0 saturated heterocycles. The van der Waals surface area contributed by atoms with Crippen LogP contribution < -0.4 is 0 Å². The molecule has 0 heterocycles. The second-order valence-electron chi connectivity index (χ2n) is 4.48. The van der Waals surface area contributed by atoms with Gasteiger partial charge in [0.1, 0.15) is 12.2 Å². The van der Waals surface area contributed by atoms with E-state index in [1.807, 2.05) is 0 Å². The first-order chi connectivity index (χ1) is 7.08. The lowest BCUT2D eigenvalue weighted by Crippen LogP contribution is -2.39. The third-order valence-electron chi connectivity index (χ3n) is 3.37. The second kappa shape index (κ2) is 3.83. The Bertz CT molecular complexity index is 258. The molecule has 4 atom stereocenters. The summed E-state index contributed by atoms with van der Waals surface area (Å²) in [5.74, 6) is 0.209. The minimum atomic E-state index is -0.287. The summed E-state index contributed by atoms with van der Waals surface area (Å²) in [4.78, 5) is 21.9. The summed E-state index contributed by atoms with van der Waals surface area (Å²) in [6.45, 7) is 2.80. The topological polar surface area (TPSA) is 52.6 Å². The van der Waals surface area contributed by atoms with E-state index in [0.717, 1.165) is 19.3 Å². The maximum absolute atomic E-state index is 10.9. The highest BCUT2D eigenvalue weighted by atomic mass is 16.6. The van der Waals surface area contributed by atoms with Crippen molar-refractivity contribution in [2.75, 3.05) is 0 Å². The molecule has 0 unspecified atom stereocenters. The van der Waals surface area contributed by atoms with Crippen LogP contribution >= 0.6 is 0 Å². The molecule has 0 radical (unpaired) electrons. The van der Waals surface area contributed by atoms with Gasteiger partial charge >= 0.3 is 11.9 Å². The van der Waals surface area contributed by atoms with E-state index in [-0.39, 0.29) is 24.1 Å². The predicted octanol–water partition coefficient (Wildman–Crippen LogP) is 1.28. The number of rotatable bonds is 2. The smallest absolute Gasteiger partial charge is 0.303 e. The largest absolute Gasteiger partial charge is 0.458 e. The summed E-state index contributed by atoms with van der Waals surface area (Å²) in [5, 5.41) is 0. The number of hydrogen-bond donors (Lipinski definition) is 0. The molecule has 2 bridgehead atoms. The van der Waals surface area contributed by atoms with Gasteiger partial charge < -0.3 is 9.47 Å². The highest BCUT2D eigenvalue weighted by Gasteiger charge is 2.51. The summed E-state index contributed by atoms with van der Waals surface area (Å²) in [5.41, 5.74) is 0. The molecule has 2 rings (SSSR count). The third-order valence-corrected chi connectivity index (χ3v) is 3.37. The Labute approximate surface area is 88.9 Å². The number of ether oxygens (including phenoxy) is 2. The van der Waals surface area contributed by atoms with Gasteiger partial charge in [-0.05, 0) is 19.3 Å². The Hall–Kier alpha value is -1.06. The van der Waals surface area contributed by atoms with Crippen LogP contribution in [0.5, 0.6) is 0 Å². The SMILES string of the molecule is CC(=O)O[C@@H]1[C@H]2CC[C@H](C2)[C@@H]1OC(C)=O. The van der Waals surface area contributed by atoms with Crippen LogP contribution in [-0.2, 0) is 19.1 Å². The summed E-state index contributed by atoms with van der Waals surface area (Å²) in [6.07, 6.45) is 2.78. The van der Waals surface area contributed by atoms with Crippen molar-refractivity contribution in [1.29, 1.82) is 0 Å². The number of carbonyl (C=O) groups excluding carboxylic acids is 2. The molecule has 4 heteroatoms. The third kappa shape index (κ3) is 1.98. The first-order valence-corrected chi connectivity index (χ1v) is 5.42. The molecule has 2 fully saturated rings. The Morgan fingerprint density at radius 3 is 1.67 bits per heavy atom. The van der Waals surface area contributed by atoms with Crippen molar-refractivity contribution in [2.45, 2.75) is 45.3 Å². The Balaban J connectivity index is 2.05. The van der Waals surface area contributed by atoms with Gasteiger partial charge in [0.15, 0.2) is 0 Å². The number of fused-ring (bicyclic) bond motifs is 2. The summed E-state index contributed by atoms with van der Waals surface area (Å²) < 4.78 is 10.5. The van der Waals surface area contributed by atoms with Crippen molar-refractivity contribution < 1.29 is 19.1 Å². The van der Waals surface area contributed by atoms with Crippen LogP contribution in [0.25, 0.3) is 0 Å². The number of hydrogen-bond acceptors (Lipinski definition) is 4. The standard InChI is InChI=1S/C11H16O4/c1-6(12)14-10-8-3-4-9(5-8)11(10)15-7(2)13/h8-11H,3-5H2,1-2H3/t8-,9+,10+,11-. The molecule has 0 aromatic rings. The molecule has 2 saturated carbocycles. The summed E-state index contributed by atoms with van der Waals surface area (Å²) >= 11 is 0. The first kappa shape index (κ1) is 10.5. The normalized spacial score (nSPS) is 37.7. The van der Waals surface area contributed by atoms with Crippen molar-refractivity contribution in [3.8, 4) is 0 Å². The fraction of sp³-hybridized carbons (Fsp3) is 0.818. The zero-order valence-electron chi connectivity index (χ0n) is 9.06. The molecular weight excluding hydrogens is 196 g/mol. The van der Waals surface area contributed by atoms with E-state index in [2.05, 4.69) is 0 Å². The van der Waals surface area contributed by atoms with Crippen molar-refractivity contribution in [2.24, 2.45) is 11.8 Å². The molecule has 0 aromatic carbocycles. The molecule has 0 spiro atoms. The van der Waals surface area contributed by atoms with E-state index in [1.54, 1.807) is 0 Å². The average Bonchev–Trinajstić information content (AvgIpc) is 2.67. The Morgan fingerprint density at radius 1 is 0.933 bits per heavy atom. The van der Waals surface area contributed by atoms with Gasteiger partial charge in [-0.3, -0.25) is 9.59 Å². The molecule has 0 amide bonds. The van der Waals surface area contributed by atoms with E-state index in [0.29, 0.717) is 11.8 Å². The van der Waals surface area contributed by atoms with Gasteiger partial charge in [-0.1, -0.05) is 0 Å². The second-order valence-corrected chi connectivity index (χ2v) is 4.48. The minimum absolute atomic E-state index is 0.204. The molecule has 15 heavy (non-hydrogen) atoms. The van der Waals surface area contributed by atoms with E-state index < -0.39 is 0 Å². The Morgan fingerprint density at radius 2 is 1.33 bits per heavy atom. The van der Waals surface area contributed by atoms with Crippen molar-refractivity contribution in [3.05, 3.63) is 0 Å². The van der Waals surface area contributed by atoms with E-state index >= 15 is 0 Å². The van der Waals surface area contributed by atoms with Gasteiger partial charge in [-0.15, -0.1) is 0 Å². The lowest BCUT2D eigenvalue weighted by atomic mass is 9.94. The quantitative estimate of drug-likeness (QED) is 0.647. The Kier molecular flexibility index (Phi) is 2.67. The molecular formula is C11H16O4. The molecule has 0 aromatic heterocycles. The van der Waals surface area contributed by atoms with Crippen LogP contribution in [0.3, 0.4) is 0 Å². The maximum atomic E-state index is 10.9. The minimum Gasteiger partial charge on any atom is -0.458 e. The van der Waals surface area contributed by atoms with Gasteiger partial charge in [0, 0.05) is 25.7 Å². The zero-order valence-corrected chi connectivity index (χ0v) is 9.06. The van der Waals surface area contributed by atoms with Crippen LogP contribution in [-0.4, -0.2) is 24.1 Å². The monoisotopic (exact) mass is 212 g/mol. The highest BCUT2D eigenvalue weighted by molar-refractivity contribution is 5.67. The van der Waals surface area contributed by atoms with Gasteiger partial charge in [-0.25, -0.2) is 0 Å². The van der Waals surface area contributed by atoms with Crippen LogP contribution in [0, 0.1) is 11.8 Å². The fourth-order valence-electron chi connectivity index (χ4n) is 2.90. The molecule has 2 aliphatic rings. The fourth-order valence-corrected chi connectivity index (χ4v) is 2.90. The van der Waals surface area contributed by atoms with Gasteiger partial charge in [0.05, 0.1) is 0 Å². The number of esters is 2. The number of carbonyl (C=O) groups is 2. The van der Waals surface area contributed by atoms with E-state index in [1.165, 1.54) is 13.8 Å². The summed E-state index contributed by atoms with van der Waals surface area (Å²) in [6, 6.07) is 0. The lowest BCUT2D eigenvalue weighted by molar-refractivity contribution is -0.169. The molecule has 0 N–H and O–H groups in total. The molecule has 0 aliphatic heterocycles. The van der Waals surface area contributed by atoms with Crippen molar-refractivity contribution in [3.63, 3.8) is 0 Å². The summed E-state index contributed by atoms with van der Waals surface area (Å²) in [7, 11) is 0. The average molecular weight is 212 g/mol. The van der Waals surface area contributed by atoms with Crippen LogP contribution in [0.2, 0.25) is 0 Å². The highest BCUT2D eigenvalue weighted by Crippen LogP contribution is 2.47. The van der Waals surface area contributed by atoms with E-state index in [9.17, 15) is 9.59 Å².